The number of hydrogen-bond acceptors (Lipinski definition) is 3. The van der Waals surface area contributed by atoms with E-state index in [1.54, 1.807) is 0 Å². The van der Waals surface area contributed by atoms with Crippen molar-refractivity contribution in [1.29, 1.82) is 0 Å². The fraction of sp³-hybridized carbons (Fsp3) is 1.00. The minimum Gasteiger partial charge on any atom is -0.414 e. The van der Waals surface area contributed by atoms with Crippen molar-refractivity contribution in [2.45, 2.75) is 70.4 Å². The summed E-state index contributed by atoms with van der Waals surface area (Å²) in [5.74, 6) is 0. The van der Waals surface area contributed by atoms with Crippen molar-refractivity contribution < 1.29 is 22.3 Å². The maximum atomic E-state index is 12.0. The van der Waals surface area contributed by atoms with Gasteiger partial charge in [0.05, 0.1) is 13.2 Å². The summed E-state index contributed by atoms with van der Waals surface area (Å²) in [6, 6.07) is -0.465. The van der Waals surface area contributed by atoms with E-state index in [0.29, 0.717) is 26.2 Å². The molecule has 0 aliphatic carbocycles. The Hall–Kier alpha value is -0.113. The van der Waals surface area contributed by atoms with Crippen LogP contribution in [0.4, 0.5) is 13.2 Å². The molecule has 0 saturated carbocycles. The van der Waals surface area contributed by atoms with Crippen molar-refractivity contribution in [2.75, 3.05) is 19.8 Å². The average Bonchev–Trinajstić information content (AvgIpc) is 2.28. The van der Waals surface area contributed by atoms with Crippen LogP contribution >= 0.6 is 0 Å². The second-order valence-electron chi connectivity index (χ2n) is 6.92. The van der Waals surface area contributed by atoms with Gasteiger partial charge in [-0.05, 0) is 31.0 Å². The van der Waals surface area contributed by atoms with E-state index in [-0.39, 0.29) is 11.5 Å². The zero-order chi connectivity index (χ0) is 16.7. The maximum Gasteiger partial charge on any atom is 0.389 e. The van der Waals surface area contributed by atoms with Gasteiger partial charge in [0.2, 0.25) is 0 Å². The molecule has 128 valence electrons. The second-order valence-corrected chi connectivity index (χ2v) is 11.7. The van der Waals surface area contributed by atoms with Crippen LogP contribution in [-0.4, -0.2) is 40.4 Å². The van der Waals surface area contributed by atoms with Gasteiger partial charge >= 0.3 is 6.18 Å². The van der Waals surface area contributed by atoms with Gasteiger partial charge in [-0.25, -0.2) is 0 Å². The minimum absolute atomic E-state index is 0.0483. The lowest BCUT2D eigenvalue weighted by Gasteiger charge is -2.36. The van der Waals surface area contributed by atoms with E-state index < -0.39 is 27.0 Å². The van der Waals surface area contributed by atoms with E-state index in [1.807, 2.05) is 0 Å². The van der Waals surface area contributed by atoms with Crippen molar-refractivity contribution in [2.24, 2.45) is 5.73 Å². The van der Waals surface area contributed by atoms with Crippen LogP contribution in [0.15, 0.2) is 0 Å². The van der Waals surface area contributed by atoms with Crippen LogP contribution in [0.1, 0.15) is 40.0 Å². The molecule has 0 heterocycles. The Kier molecular flexibility index (Phi) is 8.46. The van der Waals surface area contributed by atoms with Crippen LogP contribution in [0.25, 0.3) is 0 Å². The van der Waals surface area contributed by atoms with Gasteiger partial charge < -0.3 is 14.9 Å². The molecule has 0 unspecified atom stereocenters. The molecule has 7 heteroatoms. The summed E-state index contributed by atoms with van der Waals surface area (Å²) >= 11 is 0. The van der Waals surface area contributed by atoms with Crippen molar-refractivity contribution in [1.82, 2.24) is 0 Å². The van der Waals surface area contributed by atoms with E-state index >= 15 is 0 Å². The van der Waals surface area contributed by atoms with Gasteiger partial charge in [-0.15, -0.1) is 0 Å². The van der Waals surface area contributed by atoms with Crippen molar-refractivity contribution >= 4 is 8.32 Å². The lowest BCUT2D eigenvalue weighted by molar-refractivity contribution is -0.136. The molecular weight excluding hydrogens is 299 g/mol. The number of hydrogen-bond donors (Lipinski definition) is 1. The summed E-state index contributed by atoms with van der Waals surface area (Å²) in [6.07, 6.45) is -4.57. The van der Waals surface area contributed by atoms with Crippen LogP contribution in [0.3, 0.4) is 0 Å². The molecule has 0 aliphatic rings. The van der Waals surface area contributed by atoms with Gasteiger partial charge in [0.25, 0.3) is 0 Å². The number of ether oxygens (including phenoxy) is 1. The van der Waals surface area contributed by atoms with E-state index in [0.717, 1.165) is 0 Å². The summed E-state index contributed by atoms with van der Waals surface area (Å²) in [4.78, 5) is 0. The lowest BCUT2D eigenvalue weighted by Crippen LogP contribution is -2.41. The third kappa shape index (κ3) is 10.3. The largest absolute Gasteiger partial charge is 0.414 e. The Morgan fingerprint density at radius 3 is 2.05 bits per heavy atom. The highest BCUT2D eigenvalue weighted by Crippen LogP contribution is 2.36. The Morgan fingerprint density at radius 2 is 1.57 bits per heavy atom. The fourth-order valence-corrected chi connectivity index (χ4v) is 2.43. The molecule has 0 spiro atoms. The Labute approximate surface area is 127 Å². The molecular formula is C14H30F3NO2Si. The van der Waals surface area contributed by atoms with Crippen LogP contribution < -0.4 is 5.73 Å². The highest BCUT2D eigenvalue weighted by atomic mass is 28.4. The number of nitrogens with two attached hydrogens (primary N) is 1. The molecule has 0 aromatic rings. The number of rotatable bonds is 9. The fourth-order valence-electron chi connectivity index (χ4n) is 1.40. The van der Waals surface area contributed by atoms with E-state index in [9.17, 15) is 13.2 Å². The summed E-state index contributed by atoms with van der Waals surface area (Å²) in [5, 5.41) is 0.160. The molecule has 3 nitrogen and oxygen atoms in total. The highest BCUT2D eigenvalue weighted by Gasteiger charge is 2.36. The summed E-state index contributed by atoms with van der Waals surface area (Å²) in [6.45, 7) is 12.2. The monoisotopic (exact) mass is 329 g/mol. The van der Waals surface area contributed by atoms with E-state index in [1.165, 1.54) is 0 Å². The van der Waals surface area contributed by atoms with Gasteiger partial charge in [-0.3, -0.25) is 0 Å². The van der Waals surface area contributed by atoms with Crippen LogP contribution in [0.5, 0.6) is 0 Å². The average molecular weight is 329 g/mol. The van der Waals surface area contributed by atoms with Gasteiger partial charge in [-0.1, -0.05) is 20.8 Å². The smallest absolute Gasteiger partial charge is 0.389 e. The van der Waals surface area contributed by atoms with Crippen LogP contribution in [-0.2, 0) is 9.16 Å². The molecule has 0 amide bonds. The third-order valence-electron chi connectivity index (χ3n) is 3.93. The summed E-state index contributed by atoms with van der Waals surface area (Å²) in [5.41, 5.74) is 5.62. The number of alkyl halides is 3. The van der Waals surface area contributed by atoms with Gasteiger partial charge in [-0.2, -0.15) is 13.2 Å². The van der Waals surface area contributed by atoms with E-state index in [2.05, 4.69) is 33.9 Å². The standard InChI is InChI=1S/C14H30F3NO2Si/c1-13(2,3)21(4,5)20-11-10-19-9-7-12(18)6-8-14(15,16)17/h12H,6-11,18H2,1-5H3/t12-/m0/s1. The molecule has 0 bridgehead atoms. The summed E-state index contributed by atoms with van der Waals surface area (Å²) in [7, 11) is -1.75. The zero-order valence-corrected chi connectivity index (χ0v) is 14.8. The normalized spacial score (nSPS) is 15.3. The predicted octanol–water partition coefficient (Wildman–Crippen LogP) is 4.08. The highest BCUT2D eigenvalue weighted by molar-refractivity contribution is 6.74. The Bertz CT molecular complexity index is 291. The third-order valence-corrected chi connectivity index (χ3v) is 8.47. The second kappa shape index (κ2) is 8.50. The first-order chi connectivity index (χ1) is 9.35. The van der Waals surface area contributed by atoms with E-state index in [4.69, 9.17) is 14.9 Å². The molecule has 1 atom stereocenters. The molecule has 21 heavy (non-hydrogen) atoms. The predicted molar refractivity (Wildman–Crippen MR) is 81.8 cm³/mol. The molecule has 0 radical (unpaired) electrons. The molecule has 0 saturated heterocycles. The Balaban J connectivity index is 3.65. The molecule has 0 rings (SSSR count). The maximum absolute atomic E-state index is 12.0. The summed E-state index contributed by atoms with van der Waals surface area (Å²) < 4.78 is 47.3. The number of halogens is 3. The topological polar surface area (TPSA) is 44.5 Å². The zero-order valence-electron chi connectivity index (χ0n) is 13.8. The van der Waals surface area contributed by atoms with Crippen molar-refractivity contribution in [3.63, 3.8) is 0 Å². The molecule has 0 aromatic carbocycles. The molecule has 0 aromatic heterocycles. The van der Waals surface area contributed by atoms with Crippen molar-refractivity contribution in [3.05, 3.63) is 0 Å². The molecule has 2 N–H and O–H groups in total. The SMILES string of the molecule is CC(C)(C)[Si](C)(C)OCCOCC[C@@H](N)CCC(F)(F)F. The van der Waals surface area contributed by atoms with Crippen molar-refractivity contribution in [3.8, 4) is 0 Å². The lowest BCUT2D eigenvalue weighted by atomic mass is 10.1. The first kappa shape index (κ1) is 20.9. The molecule has 0 fully saturated rings. The quantitative estimate of drug-likeness (QED) is 0.512. The van der Waals surface area contributed by atoms with Crippen LogP contribution in [0, 0.1) is 0 Å². The Morgan fingerprint density at radius 1 is 1.00 bits per heavy atom. The minimum atomic E-state index is -4.13. The van der Waals surface area contributed by atoms with Gasteiger partial charge in [0.15, 0.2) is 8.32 Å². The first-order valence-corrected chi connectivity index (χ1v) is 10.3. The van der Waals surface area contributed by atoms with Crippen LogP contribution in [0.2, 0.25) is 18.1 Å². The van der Waals surface area contributed by atoms with Gasteiger partial charge in [0, 0.05) is 19.1 Å². The van der Waals surface area contributed by atoms with Gasteiger partial charge in [0.1, 0.15) is 0 Å². The molecule has 0 aliphatic heterocycles. The first-order valence-electron chi connectivity index (χ1n) is 7.39.